The van der Waals surface area contributed by atoms with Crippen molar-refractivity contribution in [2.45, 2.75) is 158 Å². The van der Waals surface area contributed by atoms with E-state index < -0.39 is 0 Å². The fourth-order valence-corrected chi connectivity index (χ4v) is 10.1. The Kier molecular flexibility index (Phi) is 63.4. The van der Waals surface area contributed by atoms with Crippen molar-refractivity contribution in [1.29, 1.82) is 0 Å². The molecular formula is C57H119B2ClN12O7P4. The number of halogens is 1. The van der Waals surface area contributed by atoms with Crippen molar-refractivity contribution in [3.8, 4) is 12.3 Å². The highest BCUT2D eigenvalue weighted by Crippen LogP contribution is 2.27. The Morgan fingerprint density at radius 3 is 1.41 bits per heavy atom. The van der Waals surface area contributed by atoms with Crippen molar-refractivity contribution in [1.82, 2.24) is 45.2 Å². The number of likely N-dealkylation sites (tertiary alicyclic amines) is 4. The van der Waals surface area contributed by atoms with E-state index in [-0.39, 0.29) is 60.4 Å². The summed E-state index contributed by atoms with van der Waals surface area (Å²) >= 11 is 5.68. The topological polar surface area (TPSA) is 235 Å². The molecule has 9 heterocycles. The summed E-state index contributed by atoms with van der Waals surface area (Å²) < 4.78 is 15.2. The fraction of sp³-hybridized carbons (Fsp3) is 0.754. The van der Waals surface area contributed by atoms with E-state index in [0.29, 0.717) is 34.8 Å². The number of nitrogens with zero attached hydrogens (tertiary/aromatic N) is 10. The molecule has 19 nitrogen and oxygen atoms in total. The zero-order valence-corrected chi connectivity index (χ0v) is 58.2. The number of nitrogens with two attached hydrogens (primary N) is 1. The minimum Gasteiger partial charge on any atom is -0.411 e. The summed E-state index contributed by atoms with van der Waals surface area (Å²) in [5, 5.41) is 45.1. The lowest BCUT2D eigenvalue weighted by molar-refractivity contribution is -0.112. The van der Waals surface area contributed by atoms with E-state index in [1.54, 1.807) is 13.1 Å². The number of piperidine rings is 6. The van der Waals surface area contributed by atoms with Gasteiger partial charge in [-0.2, -0.15) is 39.6 Å². The maximum Gasteiger partial charge on any atom is 0.205 e. The molecule has 2 radical (unpaired) electrons. The lowest BCUT2D eigenvalue weighted by Gasteiger charge is -2.30. The zero-order valence-electron chi connectivity index (χ0n) is 51.8. The summed E-state index contributed by atoms with van der Waals surface area (Å²) in [6.07, 6.45) is 21.6. The molecule has 0 saturated carbocycles. The van der Waals surface area contributed by atoms with Crippen LogP contribution in [0.25, 0.3) is 0 Å². The molecule has 26 heteroatoms. The predicted octanol–water partition coefficient (Wildman–Crippen LogP) is 10.0. The van der Waals surface area contributed by atoms with Crippen molar-refractivity contribution >= 4 is 83.6 Å². The first-order valence-electron chi connectivity index (χ1n) is 27.8. The molecular weight excluding hydrogens is 1150 g/mol. The minimum atomic E-state index is 0. The average molecular weight is 1270 g/mol. The molecule has 482 valence electrons. The van der Waals surface area contributed by atoms with Crippen LogP contribution in [0.2, 0.25) is 20.5 Å². The molecule has 6 aliphatic heterocycles. The van der Waals surface area contributed by atoms with E-state index in [1.807, 2.05) is 54.8 Å². The third-order valence-corrected chi connectivity index (χ3v) is 14.2. The van der Waals surface area contributed by atoms with Gasteiger partial charge in [-0.05, 0) is 179 Å². The zero-order chi connectivity index (χ0) is 57.4. The summed E-state index contributed by atoms with van der Waals surface area (Å²) in [5.41, 5.74) is 3.36. The van der Waals surface area contributed by atoms with Gasteiger partial charge in [-0.25, -0.2) is 5.90 Å². The summed E-state index contributed by atoms with van der Waals surface area (Å²) in [7, 11) is 12.5. The number of aromatic nitrogens is 3. The van der Waals surface area contributed by atoms with Gasteiger partial charge in [-0.1, -0.05) is 67.5 Å². The van der Waals surface area contributed by atoms with Crippen LogP contribution in [-0.2, 0) is 4.79 Å². The molecule has 83 heavy (non-hydrogen) atoms. The highest BCUT2D eigenvalue weighted by atomic mass is 35.5. The molecule has 10 atom stereocenters. The van der Waals surface area contributed by atoms with E-state index in [0.717, 1.165) is 125 Å². The second kappa shape index (κ2) is 57.4. The van der Waals surface area contributed by atoms with Gasteiger partial charge in [0.15, 0.2) is 0 Å². The lowest BCUT2D eigenvalue weighted by Crippen LogP contribution is -2.35. The highest BCUT2D eigenvalue weighted by molar-refractivity contribution is 6.92. The lowest BCUT2D eigenvalue weighted by atomic mass is 9.86. The van der Waals surface area contributed by atoms with Crippen LogP contribution in [0.5, 0.6) is 0 Å². The quantitative estimate of drug-likeness (QED) is 0.0281. The molecule has 0 bridgehead atoms. The van der Waals surface area contributed by atoms with Crippen molar-refractivity contribution in [2.24, 2.45) is 34.0 Å². The number of likely N-dealkylation sites (N-methyl/N-ethyl adjacent to an activating group) is 1. The van der Waals surface area contributed by atoms with Gasteiger partial charge in [0.2, 0.25) is 7.41 Å². The van der Waals surface area contributed by atoms with E-state index >= 15 is 0 Å². The Hall–Kier alpha value is -2.38. The maximum atomic E-state index is 10.3. The Labute approximate surface area is 523 Å². The number of carbonyl (C=O) groups is 1. The van der Waals surface area contributed by atoms with Gasteiger partial charge >= 0.3 is 0 Å². The SMILES string of the molecule is C.C.C#CC.CN1CCCC(/C(Cl)=N/O)C1.CN1CCCC(/C=N/O)C1.CN1CCCC(C=O)C1.C[B]C.C[B]N1CCCC(c2cc(C)on2)C1.Cc1cc(C2CCCN(C)C2)no1.Cc1cc(C2CCCNC2)no1.NO.P.P.P.P. The molecule has 0 amide bonds. The van der Waals surface area contributed by atoms with Crippen LogP contribution in [0.3, 0.4) is 0 Å². The van der Waals surface area contributed by atoms with Crippen molar-refractivity contribution in [3.63, 3.8) is 0 Å². The molecule has 6 fully saturated rings. The normalized spacial score (nSPS) is 22.4. The van der Waals surface area contributed by atoms with Gasteiger partial charge in [0.25, 0.3) is 0 Å². The number of terminal acetylenes is 1. The second-order valence-electron chi connectivity index (χ2n) is 20.9. The molecule has 0 aromatic carbocycles. The van der Waals surface area contributed by atoms with Crippen LogP contribution in [-0.4, -0.2) is 195 Å². The number of aryl methyl sites for hydroxylation is 3. The number of hydrogen-bond acceptors (Lipinski definition) is 19. The summed E-state index contributed by atoms with van der Waals surface area (Å²) in [6, 6.07) is 6.16. The molecule has 6 saturated heterocycles. The standard InChI is InChI=1S/C10H16BN2O.C10H16N2O.C9H14N2O.C7H13ClN2O.C7H14N2O.C7H13NO.C3H4.C2H6B.2CH4.H3NO.4H3P/c1-8-6-10(12-14-8)9-4-3-5-13(7-9)11-2;1-8-6-10(11-13-8)9-4-3-5-12(2)7-9;1-7-5-9(11-12-7)8-3-2-4-10-6-8;1-10-4-2-3-6(5-10)7(8)9-11;1-9-4-2-3-7(6-9)5-8-10;1-8-4-2-3-7(5-8)6-9;2*1-3-2;;;1-2;;;;/h6,9H,3-5,7H2,1-2H3;6,9H,3-5,7H2,1-2H3;5,8,10H,2-4,6H2,1H3;6,11H,2-5H2,1H3;5,7,10H,2-4,6H2,1H3;6-7H,2-5H2,1H3;1H,2H3;1-2H3;2*1H4;2H,1H2;4*1H3/b;;;9-7-;8-5+;;;;;;;;;;. The maximum absolute atomic E-state index is 10.3. The summed E-state index contributed by atoms with van der Waals surface area (Å²) in [6.45, 7) is 26.7. The largest absolute Gasteiger partial charge is 0.411 e. The molecule has 0 spiro atoms. The first-order valence-corrected chi connectivity index (χ1v) is 28.2. The van der Waals surface area contributed by atoms with Crippen LogP contribution < -0.4 is 11.2 Å². The first-order chi connectivity index (χ1) is 37.1. The van der Waals surface area contributed by atoms with Crippen LogP contribution in [0.15, 0.2) is 42.1 Å². The number of nitrogens with one attached hydrogen (secondary N) is 1. The van der Waals surface area contributed by atoms with E-state index in [1.165, 1.54) is 71.0 Å². The molecule has 6 aliphatic rings. The van der Waals surface area contributed by atoms with E-state index in [2.05, 4.69) is 121 Å². The molecule has 0 aliphatic carbocycles. The number of rotatable bonds is 7. The number of aldehydes is 1. The Bertz CT molecular complexity index is 2040. The van der Waals surface area contributed by atoms with Crippen molar-refractivity contribution < 1.29 is 34.0 Å². The Balaban J connectivity index is -0.000000207. The fourth-order valence-electron chi connectivity index (χ4n) is 9.91. The summed E-state index contributed by atoms with van der Waals surface area (Å²) in [4.78, 5) is 21.7. The van der Waals surface area contributed by atoms with Gasteiger partial charge < -0.3 is 63.7 Å². The number of hydrogen-bond donors (Lipinski definition) is 5. The Morgan fingerprint density at radius 1 is 0.663 bits per heavy atom. The smallest absolute Gasteiger partial charge is 0.205 e. The average Bonchev–Trinajstić information content (AvgIpc) is 4.22. The minimum absolute atomic E-state index is 0. The molecule has 10 unspecified atom stereocenters. The van der Waals surface area contributed by atoms with Gasteiger partial charge in [0.05, 0.1) is 17.1 Å². The predicted molar refractivity (Wildman–Crippen MR) is 371 cm³/mol. The molecule has 3 aromatic rings. The van der Waals surface area contributed by atoms with Crippen molar-refractivity contribution in [3.05, 3.63) is 52.6 Å². The van der Waals surface area contributed by atoms with Crippen LogP contribution in [0.4, 0.5) is 0 Å². The number of carbonyl (C=O) groups excluding carboxylic acids is 1. The van der Waals surface area contributed by atoms with Crippen LogP contribution in [0, 0.1) is 50.9 Å². The van der Waals surface area contributed by atoms with Gasteiger partial charge in [-0.3, -0.25) is 0 Å². The summed E-state index contributed by atoms with van der Waals surface area (Å²) in [5.74, 6) is 11.2. The van der Waals surface area contributed by atoms with Crippen LogP contribution >= 0.6 is 51.2 Å². The van der Waals surface area contributed by atoms with Crippen LogP contribution in [0.1, 0.15) is 151 Å². The second-order valence-corrected chi connectivity index (χ2v) is 21.3. The van der Waals surface area contributed by atoms with Gasteiger partial charge in [0.1, 0.15) is 36.0 Å². The number of oxime groups is 2. The Morgan fingerprint density at radius 2 is 1.05 bits per heavy atom. The third kappa shape index (κ3) is 41.4. The molecule has 9 rings (SSSR count). The van der Waals surface area contributed by atoms with Gasteiger partial charge in [-0.15, -0.1) is 17.5 Å². The monoisotopic (exact) mass is 1260 g/mol. The molecule has 6 N–H and O–H groups in total. The van der Waals surface area contributed by atoms with E-state index in [4.69, 9.17) is 40.8 Å². The van der Waals surface area contributed by atoms with Gasteiger partial charge in [0, 0.05) is 92.6 Å². The van der Waals surface area contributed by atoms with Crippen molar-refractivity contribution in [2.75, 3.05) is 107 Å². The van der Waals surface area contributed by atoms with E-state index in [9.17, 15) is 4.79 Å². The third-order valence-electron chi connectivity index (χ3n) is 13.8. The highest BCUT2D eigenvalue weighted by Gasteiger charge is 2.25. The first kappa shape index (κ1) is 91.8. The molecule has 3 aromatic heterocycles.